The second kappa shape index (κ2) is 10.1. The van der Waals surface area contributed by atoms with Crippen molar-refractivity contribution in [3.8, 4) is 17.2 Å². The van der Waals surface area contributed by atoms with E-state index in [2.05, 4.69) is 24.9 Å². The van der Waals surface area contributed by atoms with Gasteiger partial charge in [0.1, 0.15) is 5.75 Å². The molecule has 12 nitrogen and oxygen atoms in total. The van der Waals surface area contributed by atoms with Crippen LogP contribution >= 0.6 is 0 Å². The summed E-state index contributed by atoms with van der Waals surface area (Å²) in [6.07, 6.45) is 10.9. The van der Waals surface area contributed by atoms with Crippen LogP contribution in [0.25, 0.3) is 34.2 Å². The van der Waals surface area contributed by atoms with Gasteiger partial charge in [-0.25, -0.2) is 9.59 Å². The van der Waals surface area contributed by atoms with Crippen LogP contribution in [0, 0.1) is 0 Å². The highest BCUT2D eigenvalue weighted by Gasteiger charge is 2.17. The number of aromatic nitrogens is 5. The molecule has 0 radical (unpaired) electrons. The zero-order valence-corrected chi connectivity index (χ0v) is 22.1. The standard InChI is InChI=1S/C16H13N3O3.C14H10N4O2/c1-21-12-4-2-11(3-5-12)19-7-6-10-8-13-14(9-15(10)22-19)18-16(20)17-13;19-14-16-11-7-9-3-6-18(10-1-4-15-5-2-10)20-13(9)8-12(11)17-14/h2-9H,1H3,(H2,17,18,20);1-8H,(H2,16,17,19). The number of H-pyrrole nitrogens is 4. The summed E-state index contributed by atoms with van der Waals surface area (Å²) in [6, 6.07) is 18.6. The number of methoxy groups -OCH3 is 1. The minimum Gasteiger partial charge on any atom is -0.497 e. The Morgan fingerprint density at radius 2 is 1.10 bits per heavy atom. The van der Waals surface area contributed by atoms with Crippen LogP contribution in [0.1, 0.15) is 11.1 Å². The molecule has 0 saturated heterocycles. The van der Waals surface area contributed by atoms with E-state index in [0.717, 1.165) is 44.8 Å². The highest BCUT2D eigenvalue weighted by Crippen LogP contribution is 2.32. The maximum atomic E-state index is 11.4. The van der Waals surface area contributed by atoms with Crippen LogP contribution in [0.15, 0.2) is 95.0 Å². The zero-order valence-electron chi connectivity index (χ0n) is 22.1. The average Bonchev–Trinajstić information content (AvgIpc) is 3.57. The largest absolute Gasteiger partial charge is 0.497 e. The summed E-state index contributed by atoms with van der Waals surface area (Å²) in [5, 5.41) is 3.32. The van der Waals surface area contributed by atoms with Crippen LogP contribution in [0.5, 0.6) is 17.2 Å². The van der Waals surface area contributed by atoms with Crippen LogP contribution < -0.4 is 35.9 Å². The summed E-state index contributed by atoms with van der Waals surface area (Å²) in [5.74, 6) is 2.16. The number of imidazole rings is 2. The molecule has 4 N–H and O–H groups in total. The lowest BCUT2D eigenvalue weighted by atomic mass is 10.1. The van der Waals surface area contributed by atoms with Gasteiger partial charge in [-0.2, -0.15) is 10.1 Å². The van der Waals surface area contributed by atoms with Gasteiger partial charge in [0.15, 0.2) is 11.5 Å². The van der Waals surface area contributed by atoms with Gasteiger partial charge in [-0.3, -0.25) is 4.98 Å². The summed E-state index contributed by atoms with van der Waals surface area (Å²) >= 11 is 0. The molecule has 0 atom stereocenters. The van der Waals surface area contributed by atoms with Crippen molar-refractivity contribution in [2.45, 2.75) is 0 Å². The maximum Gasteiger partial charge on any atom is 0.323 e. The summed E-state index contributed by atoms with van der Waals surface area (Å²) in [6.45, 7) is 0. The van der Waals surface area contributed by atoms with Crippen LogP contribution in [0.3, 0.4) is 0 Å². The number of aromatic amines is 4. The van der Waals surface area contributed by atoms with Gasteiger partial charge < -0.3 is 34.3 Å². The Morgan fingerprint density at radius 1 is 0.643 bits per heavy atom. The number of nitrogens with zero attached hydrogens (tertiary/aromatic N) is 3. The first-order valence-electron chi connectivity index (χ1n) is 12.9. The fourth-order valence-electron chi connectivity index (χ4n) is 4.64. The van der Waals surface area contributed by atoms with Gasteiger partial charge in [-0.15, -0.1) is 0 Å². The third-order valence-corrected chi connectivity index (χ3v) is 6.71. The highest BCUT2D eigenvalue weighted by atomic mass is 16.7. The van der Waals surface area contributed by atoms with Crippen molar-refractivity contribution in [3.63, 3.8) is 0 Å². The van der Waals surface area contributed by atoms with E-state index in [1.165, 1.54) is 0 Å². The minimum atomic E-state index is -0.228. The third-order valence-electron chi connectivity index (χ3n) is 6.71. The molecule has 2 aliphatic heterocycles. The molecule has 0 saturated carbocycles. The Balaban J connectivity index is 0.000000138. The molecule has 12 heteroatoms. The van der Waals surface area contributed by atoms with E-state index in [9.17, 15) is 9.59 Å². The first kappa shape index (κ1) is 24.8. The molecule has 5 heterocycles. The second-order valence-corrected chi connectivity index (χ2v) is 9.40. The predicted octanol–water partition coefficient (Wildman–Crippen LogP) is 4.69. The SMILES string of the molecule is COc1ccc(N2C=Cc3cc4[nH]c(=O)[nH]c4cc3O2)cc1.O=c1[nH]c2cc3c(cc2[nH]1)ON(c1ccncc1)C=C3. The van der Waals surface area contributed by atoms with Crippen LogP contribution in [0.2, 0.25) is 0 Å². The summed E-state index contributed by atoms with van der Waals surface area (Å²) in [7, 11) is 1.63. The van der Waals surface area contributed by atoms with E-state index in [0.29, 0.717) is 17.0 Å². The number of pyridine rings is 1. The average molecular weight is 562 g/mol. The lowest BCUT2D eigenvalue weighted by Gasteiger charge is -2.25. The molecule has 3 aromatic carbocycles. The summed E-state index contributed by atoms with van der Waals surface area (Å²) in [5.41, 5.74) is 6.09. The van der Waals surface area contributed by atoms with E-state index in [-0.39, 0.29) is 11.4 Å². The number of fused-ring (bicyclic) bond motifs is 4. The maximum absolute atomic E-state index is 11.4. The molecule has 8 rings (SSSR count). The number of hydroxylamine groups is 2. The van der Waals surface area contributed by atoms with Crippen molar-refractivity contribution >= 4 is 45.6 Å². The molecular weight excluding hydrogens is 538 g/mol. The van der Waals surface area contributed by atoms with Crippen molar-refractivity contribution in [3.05, 3.63) is 118 Å². The lowest BCUT2D eigenvalue weighted by molar-refractivity contribution is 0.315. The Kier molecular flexibility index (Phi) is 5.97. The molecule has 3 aromatic heterocycles. The first-order valence-corrected chi connectivity index (χ1v) is 12.9. The molecule has 208 valence electrons. The smallest absolute Gasteiger partial charge is 0.323 e. The van der Waals surface area contributed by atoms with Crippen LogP contribution in [0.4, 0.5) is 11.4 Å². The van der Waals surface area contributed by atoms with Gasteiger partial charge in [0.05, 0.1) is 40.6 Å². The van der Waals surface area contributed by atoms with Crippen molar-refractivity contribution in [1.29, 1.82) is 0 Å². The number of anilines is 2. The van der Waals surface area contributed by atoms with Gasteiger partial charge in [0.2, 0.25) is 0 Å². The second-order valence-electron chi connectivity index (χ2n) is 9.40. The normalized spacial score (nSPS) is 13.2. The van der Waals surface area contributed by atoms with Crippen molar-refractivity contribution in [1.82, 2.24) is 24.9 Å². The fourth-order valence-corrected chi connectivity index (χ4v) is 4.64. The van der Waals surface area contributed by atoms with Crippen molar-refractivity contribution < 1.29 is 14.4 Å². The molecule has 0 bridgehead atoms. The minimum absolute atomic E-state index is 0.225. The van der Waals surface area contributed by atoms with Crippen LogP contribution in [-0.2, 0) is 0 Å². The molecule has 0 unspecified atom stereocenters. The van der Waals surface area contributed by atoms with Gasteiger partial charge in [-0.1, -0.05) is 0 Å². The van der Waals surface area contributed by atoms with Crippen molar-refractivity contribution in [2.24, 2.45) is 0 Å². The Morgan fingerprint density at radius 3 is 1.57 bits per heavy atom. The Hall–Kier alpha value is -6.17. The molecule has 0 fully saturated rings. The van der Waals surface area contributed by atoms with Gasteiger partial charge in [0, 0.05) is 48.1 Å². The van der Waals surface area contributed by atoms with Gasteiger partial charge >= 0.3 is 11.4 Å². The van der Waals surface area contributed by atoms with Gasteiger partial charge in [0.25, 0.3) is 0 Å². The van der Waals surface area contributed by atoms with E-state index in [1.807, 2.05) is 79.1 Å². The van der Waals surface area contributed by atoms with Crippen LogP contribution in [-0.4, -0.2) is 32.0 Å². The number of rotatable bonds is 3. The molecule has 0 aliphatic carbocycles. The van der Waals surface area contributed by atoms with E-state index in [4.69, 9.17) is 14.4 Å². The third kappa shape index (κ3) is 4.73. The predicted molar refractivity (Wildman–Crippen MR) is 159 cm³/mol. The van der Waals surface area contributed by atoms with Crippen molar-refractivity contribution in [2.75, 3.05) is 17.2 Å². The first-order chi connectivity index (χ1) is 20.5. The number of benzene rings is 3. The number of hydrogen-bond acceptors (Lipinski definition) is 8. The quantitative estimate of drug-likeness (QED) is 0.244. The summed E-state index contributed by atoms with van der Waals surface area (Å²) in [4.78, 5) is 49.2. The van der Waals surface area contributed by atoms with Gasteiger partial charge in [-0.05, 0) is 60.7 Å². The lowest BCUT2D eigenvalue weighted by Crippen LogP contribution is -2.23. The molecular formula is C30H23N7O5. The molecule has 0 amide bonds. The molecule has 2 aliphatic rings. The molecule has 6 aromatic rings. The van der Waals surface area contributed by atoms with E-state index < -0.39 is 0 Å². The zero-order chi connectivity index (χ0) is 28.6. The summed E-state index contributed by atoms with van der Waals surface area (Å²) < 4.78 is 5.15. The highest BCUT2D eigenvalue weighted by molar-refractivity contribution is 5.83. The Labute approximate surface area is 237 Å². The topological polar surface area (TPSA) is 144 Å². The molecule has 42 heavy (non-hydrogen) atoms. The number of ether oxygens (including phenoxy) is 1. The van der Waals surface area contributed by atoms with E-state index >= 15 is 0 Å². The fraction of sp³-hybridized carbons (Fsp3) is 0.0333. The molecule has 0 spiro atoms. The monoisotopic (exact) mass is 561 g/mol. The van der Waals surface area contributed by atoms with E-state index in [1.54, 1.807) is 35.7 Å². The Bertz CT molecular complexity index is 2090. The number of nitrogens with one attached hydrogen (secondary N) is 4. The number of hydrogen-bond donors (Lipinski definition) is 4.